The quantitative estimate of drug-likeness (QED) is 0.781. The van der Waals surface area contributed by atoms with Gasteiger partial charge in [-0.25, -0.2) is 9.59 Å². The van der Waals surface area contributed by atoms with E-state index in [1.807, 2.05) is 0 Å². The molecule has 0 saturated heterocycles. The number of esters is 2. The second-order valence-electron chi connectivity index (χ2n) is 8.16. The van der Waals surface area contributed by atoms with Crippen LogP contribution in [0.15, 0.2) is 22.8 Å². The largest absolute Gasteiger partial charge is 0.457 e. The van der Waals surface area contributed by atoms with Gasteiger partial charge in [0.15, 0.2) is 0 Å². The summed E-state index contributed by atoms with van der Waals surface area (Å²) in [5, 5.41) is 2.76. The summed E-state index contributed by atoms with van der Waals surface area (Å²) in [7, 11) is 0. The molecule has 24 heavy (non-hydrogen) atoms. The molecule has 6 heteroatoms. The van der Waals surface area contributed by atoms with Gasteiger partial charge in [-0.1, -0.05) is 6.08 Å². The van der Waals surface area contributed by atoms with E-state index in [-0.39, 0.29) is 23.0 Å². The summed E-state index contributed by atoms with van der Waals surface area (Å²) in [6.45, 7) is 12.2. The van der Waals surface area contributed by atoms with Crippen molar-refractivity contribution in [1.82, 2.24) is 5.32 Å². The van der Waals surface area contributed by atoms with Crippen LogP contribution >= 0.6 is 0 Å². The van der Waals surface area contributed by atoms with Crippen molar-refractivity contribution >= 4 is 17.8 Å². The summed E-state index contributed by atoms with van der Waals surface area (Å²) in [4.78, 5) is 36.9. The first-order chi connectivity index (χ1) is 10.8. The van der Waals surface area contributed by atoms with Crippen LogP contribution in [-0.4, -0.2) is 35.1 Å². The molecule has 0 saturated carbocycles. The van der Waals surface area contributed by atoms with E-state index in [1.54, 1.807) is 54.5 Å². The molecule has 6 nitrogen and oxygen atoms in total. The van der Waals surface area contributed by atoms with E-state index in [0.29, 0.717) is 5.57 Å². The molecule has 0 aromatic rings. The van der Waals surface area contributed by atoms with E-state index < -0.39 is 29.2 Å². The van der Waals surface area contributed by atoms with Crippen LogP contribution in [0.3, 0.4) is 0 Å². The number of hydrogen-bond acceptors (Lipinski definition) is 5. The van der Waals surface area contributed by atoms with E-state index in [4.69, 9.17) is 9.47 Å². The van der Waals surface area contributed by atoms with Crippen molar-refractivity contribution in [1.29, 1.82) is 0 Å². The van der Waals surface area contributed by atoms with E-state index >= 15 is 0 Å². The molecule has 0 fully saturated rings. The van der Waals surface area contributed by atoms with Gasteiger partial charge >= 0.3 is 11.9 Å². The van der Waals surface area contributed by atoms with Crippen LogP contribution in [0.2, 0.25) is 0 Å². The fourth-order valence-corrected chi connectivity index (χ4v) is 2.69. The van der Waals surface area contributed by atoms with Gasteiger partial charge in [0.1, 0.15) is 11.2 Å². The summed E-state index contributed by atoms with van der Waals surface area (Å²) in [5.41, 5.74) is -0.408. The molecule has 2 aliphatic rings. The number of amides is 1. The van der Waals surface area contributed by atoms with Crippen molar-refractivity contribution < 1.29 is 23.9 Å². The van der Waals surface area contributed by atoms with Gasteiger partial charge in [-0.15, -0.1) is 0 Å². The molecular weight excluding hydrogens is 310 g/mol. The number of ether oxygens (including phenoxy) is 2. The van der Waals surface area contributed by atoms with Crippen molar-refractivity contribution in [3.63, 3.8) is 0 Å². The summed E-state index contributed by atoms with van der Waals surface area (Å²) < 4.78 is 10.8. The Bertz CT molecular complexity index is 658. The topological polar surface area (TPSA) is 81.7 Å². The molecule has 1 heterocycles. The maximum absolute atomic E-state index is 12.5. The second kappa shape index (κ2) is 5.76. The van der Waals surface area contributed by atoms with Crippen LogP contribution in [-0.2, 0) is 23.9 Å². The predicted octanol–water partition coefficient (Wildman–Crippen LogP) is 2.04. The Hall–Kier alpha value is -2.11. The molecule has 1 N–H and O–H groups in total. The summed E-state index contributed by atoms with van der Waals surface area (Å²) in [6.07, 6.45) is 1.70. The zero-order chi connectivity index (χ0) is 18.4. The first-order valence-corrected chi connectivity index (χ1v) is 8.00. The van der Waals surface area contributed by atoms with Crippen LogP contribution in [0.4, 0.5) is 0 Å². The highest BCUT2D eigenvalue weighted by atomic mass is 16.6. The molecule has 0 unspecified atom stereocenters. The standard InChI is InChI=1S/C18H25NO5/c1-9-8-10-11(15(21)23-17(2,3)4)12(13(10)19-14(9)20)16(22)24-18(5,6)7/h8,10,13H,1-7H3,(H,19,20)/t10-,13-/m0/s1. The lowest BCUT2D eigenvalue weighted by Gasteiger charge is -2.42. The van der Waals surface area contributed by atoms with E-state index in [0.717, 1.165) is 0 Å². The normalized spacial score (nSPS) is 23.6. The number of fused-ring (bicyclic) bond motifs is 1. The molecule has 0 bridgehead atoms. The molecule has 1 amide bonds. The van der Waals surface area contributed by atoms with Crippen LogP contribution in [0, 0.1) is 5.92 Å². The fourth-order valence-electron chi connectivity index (χ4n) is 2.69. The minimum absolute atomic E-state index is 0.182. The zero-order valence-corrected chi connectivity index (χ0v) is 15.3. The third kappa shape index (κ3) is 3.68. The summed E-state index contributed by atoms with van der Waals surface area (Å²) in [6, 6.07) is -0.543. The molecule has 0 aromatic carbocycles. The monoisotopic (exact) mass is 335 g/mol. The molecule has 2 rings (SSSR count). The molecule has 132 valence electrons. The van der Waals surface area contributed by atoms with Crippen LogP contribution < -0.4 is 5.32 Å². The molecule has 1 aliphatic heterocycles. The lowest BCUT2D eigenvalue weighted by atomic mass is 9.70. The Morgan fingerprint density at radius 3 is 1.88 bits per heavy atom. The highest BCUT2D eigenvalue weighted by Crippen LogP contribution is 2.41. The minimum atomic E-state index is -0.696. The molecule has 1 aliphatic carbocycles. The first kappa shape index (κ1) is 18.2. The Kier molecular flexibility index (Phi) is 4.37. The highest BCUT2D eigenvalue weighted by Gasteiger charge is 2.51. The predicted molar refractivity (Wildman–Crippen MR) is 87.9 cm³/mol. The molecular formula is C18H25NO5. The fraction of sp³-hybridized carbons (Fsp3) is 0.611. The second-order valence-corrected chi connectivity index (χ2v) is 8.16. The van der Waals surface area contributed by atoms with Gasteiger partial charge in [0.25, 0.3) is 0 Å². The van der Waals surface area contributed by atoms with E-state index in [9.17, 15) is 14.4 Å². The third-order valence-electron chi connectivity index (χ3n) is 3.61. The van der Waals surface area contributed by atoms with Crippen molar-refractivity contribution in [3.05, 3.63) is 22.8 Å². The Balaban J connectivity index is 2.40. The van der Waals surface area contributed by atoms with Crippen LogP contribution in [0.25, 0.3) is 0 Å². The summed E-state index contributed by atoms with van der Waals surface area (Å²) in [5.74, 6) is -1.76. The maximum atomic E-state index is 12.5. The van der Waals surface area contributed by atoms with Gasteiger partial charge in [-0.2, -0.15) is 0 Å². The number of hydrogen-bond donors (Lipinski definition) is 1. The van der Waals surface area contributed by atoms with E-state index in [1.165, 1.54) is 0 Å². The molecule has 0 spiro atoms. The Morgan fingerprint density at radius 2 is 1.42 bits per heavy atom. The average molecular weight is 335 g/mol. The maximum Gasteiger partial charge on any atom is 0.337 e. The van der Waals surface area contributed by atoms with E-state index in [2.05, 4.69) is 5.32 Å². The summed E-state index contributed by atoms with van der Waals surface area (Å²) >= 11 is 0. The van der Waals surface area contributed by atoms with Crippen molar-refractivity contribution in [2.24, 2.45) is 5.92 Å². The van der Waals surface area contributed by atoms with Crippen LogP contribution in [0.5, 0.6) is 0 Å². The van der Waals surface area contributed by atoms with Gasteiger partial charge in [-0.3, -0.25) is 4.79 Å². The van der Waals surface area contributed by atoms with Gasteiger partial charge < -0.3 is 14.8 Å². The number of rotatable bonds is 2. The molecule has 0 radical (unpaired) electrons. The van der Waals surface area contributed by atoms with Crippen molar-refractivity contribution in [2.45, 2.75) is 65.7 Å². The molecule has 0 aromatic heterocycles. The Labute approximate surface area is 142 Å². The lowest BCUT2D eigenvalue weighted by Crippen LogP contribution is -2.56. The molecule has 2 atom stereocenters. The van der Waals surface area contributed by atoms with Gasteiger partial charge in [-0.05, 0) is 48.5 Å². The van der Waals surface area contributed by atoms with Crippen molar-refractivity contribution in [3.8, 4) is 0 Å². The van der Waals surface area contributed by atoms with Gasteiger partial charge in [0.05, 0.1) is 17.2 Å². The van der Waals surface area contributed by atoms with Gasteiger partial charge in [0, 0.05) is 11.5 Å². The SMILES string of the molecule is CC1=C[C@H]2C(C(=O)OC(C)(C)C)=C(C(=O)OC(C)(C)C)[C@H]2NC1=O. The minimum Gasteiger partial charge on any atom is -0.457 e. The number of carbonyl (C=O) groups excluding carboxylic acids is 3. The van der Waals surface area contributed by atoms with Crippen molar-refractivity contribution in [2.75, 3.05) is 0 Å². The highest BCUT2D eigenvalue weighted by molar-refractivity contribution is 6.08. The zero-order valence-electron chi connectivity index (χ0n) is 15.3. The smallest absolute Gasteiger partial charge is 0.337 e. The first-order valence-electron chi connectivity index (χ1n) is 8.00. The third-order valence-corrected chi connectivity index (χ3v) is 3.61. The average Bonchev–Trinajstić information content (AvgIpc) is 2.32. The number of nitrogens with one attached hydrogen (secondary N) is 1. The lowest BCUT2D eigenvalue weighted by molar-refractivity contribution is -0.156. The number of carbonyl (C=O) groups is 3. The van der Waals surface area contributed by atoms with Gasteiger partial charge in [0.2, 0.25) is 5.91 Å². The Morgan fingerprint density at radius 1 is 0.958 bits per heavy atom. The van der Waals surface area contributed by atoms with Crippen LogP contribution in [0.1, 0.15) is 48.5 Å².